The summed E-state index contributed by atoms with van der Waals surface area (Å²) >= 11 is 3.23. The Balaban J connectivity index is 1.53. The van der Waals surface area contributed by atoms with Crippen molar-refractivity contribution in [2.45, 2.75) is 56.5 Å². The Labute approximate surface area is 155 Å². The van der Waals surface area contributed by atoms with Crippen LogP contribution in [0.4, 0.5) is 0 Å². The quantitative estimate of drug-likeness (QED) is 0.643. The van der Waals surface area contributed by atoms with Crippen LogP contribution in [-0.2, 0) is 17.6 Å². The van der Waals surface area contributed by atoms with E-state index in [4.69, 9.17) is 0 Å². The van der Waals surface area contributed by atoms with E-state index < -0.39 is 5.54 Å². The van der Waals surface area contributed by atoms with Gasteiger partial charge in [-0.1, -0.05) is 11.8 Å². The number of fused-ring (bicyclic) bond motifs is 3. The number of carbonyl (C=O) groups is 1. The third-order valence-corrected chi connectivity index (χ3v) is 7.17. The summed E-state index contributed by atoms with van der Waals surface area (Å²) in [6.45, 7) is 3.72. The average Bonchev–Trinajstić information content (AvgIpc) is 3.25. The van der Waals surface area contributed by atoms with Gasteiger partial charge in [-0.05, 0) is 57.4 Å². The van der Waals surface area contributed by atoms with Crippen LogP contribution in [0.1, 0.15) is 42.5 Å². The zero-order chi connectivity index (χ0) is 17.6. The van der Waals surface area contributed by atoms with Gasteiger partial charge in [-0.25, -0.2) is 9.97 Å². The van der Waals surface area contributed by atoms with E-state index in [0.717, 1.165) is 46.8 Å². The number of aromatic nitrogens is 2. The number of nitriles is 1. The SMILES string of the molecule is Cc1nc(SCC(=O)N[C@@](C)(C#N)C2CC2)c2c3c(sc2n1)CCC3. The molecule has 7 heteroatoms. The molecule has 2 aromatic heterocycles. The molecule has 0 spiro atoms. The van der Waals surface area contributed by atoms with Gasteiger partial charge >= 0.3 is 0 Å². The van der Waals surface area contributed by atoms with E-state index >= 15 is 0 Å². The van der Waals surface area contributed by atoms with Gasteiger partial charge in [0.25, 0.3) is 0 Å². The number of amides is 1. The van der Waals surface area contributed by atoms with Crippen molar-refractivity contribution in [3.8, 4) is 6.07 Å². The largest absolute Gasteiger partial charge is 0.337 e. The van der Waals surface area contributed by atoms with Crippen molar-refractivity contribution in [2.75, 3.05) is 5.75 Å². The topological polar surface area (TPSA) is 78.7 Å². The van der Waals surface area contributed by atoms with Gasteiger partial charge in [0.15, 0.2) is 0 Å². The highest BCUT2D eigenvalue weighted by atomic mass is 32.2. The molecule has 1 atom stereocenters. The second kappa shape index (κ2) is 6.26. The van der Waals surface area contributed by atoms with Crippen LogP contribution >= 0.6 is 23.1 Å². The molecule has 1 saturated carbocycles. The number of nitrogens with one attached hydrogen (secondary N) is 1. The van der Waals surface area contributed by atoms with E-state index in [2.05, 4.69) is 21.4 Å². The molecule has 0 aliphatic heterocycles. The molecule has 2 aromatic rings. The molecule has 0 unspecified atom stereocenters. The third kappa shape index (κ3) is 3.13. The van der Waals surface area contributed by atoms with Crippen molar-refractivity contribution in [3.05, 3.63) is 16.3 Å². The Morgan fingerprint density at radius 3 is 2.96 bits per heavy atom. The van der Waals surface area contributed by atoms with E-state index in [1.54, 1.807) is 11.3 Å². The maximum absolute atomic E-state index is 12.4. The summed E-state index contributed by atoms with van der Waals surface area (Å²) in [5.41, 5.74) is 0.640. The number of carbonyl (C=O) groups excluding carboxylic acids is 1. The van der Waals surface area contributed by atoms with Crippen LogP contribution in [0.3, 0.4) is 0 Å². The second-order valence-electron chi connectivity index (χ2n) is 7.04. The fourth-order valence-electron chi connectivity index (χ4n) is 3.51. The fraction of sp³-hybridized carbons (Fsp3) is 0.556. The van der Waals surface area contributed by atoms with Crippen molar-refractivity contribution in [2.24, 2.45) is 5.92 Å². The Morgan fingerprint density at radius 1 is 1.44 bits per heavy atom. The first-order valence-electron chi connectivity index (χ1n) is 8.64. The summed E-state index contributed by atoms with van der Waals surface area (Å²) < 4.78 is 0. The summed E-state index contributed by atoms with van der Waals surface area (Å²) in [7, 11) is 0. The minimum absolute atomic E-state index is 0.0998. The molecule has 5 nitrogen and oxygen atoms in total. The zero-order valence-electron chi connectivity index (χ0n) is 14.4. The number of hydrogen-bond donors (Lipinski definition) is 1. The Hall–Kier alpha value is -1.65. The summed E-state index contributed by atoms with van der Waals surface area (Å²) in [5, 5.41) is 14.4. The Morgan fingerprint density at radius 2 is 2.24 bits per heavy atom. The highest BCUT2D eigenvalue weighted by Crippen LogP contribution is 2.41. The zero-order valence-corrected chi connectivity index (χ0v) is 16.0. The number of thiophene rings is 1. The summed E-state index contributed by atoms with van der Waals surface area (Å²) in [5.74, 6) is 1.21. The van der Waals surface area contributed by atoms with Gasteiger partial charge < -0.3 is 5.32 Å². The minimum Gasteiger partial charge on any atom is -0.337 e. The fourth-order valence-corrected chi connectivity index (χ4v) is 5.78. The molecule has 25 heavy (non-hydrogen) atoms. The van der Waals surface area contributed by atoms with Gasteiger partial charge in [-0.3, -0.25) is 4.79 Å². The van der Waals surface area contributed by atoms with Gasteiger partial charge in [0.1, 0.15) is 21.2 Å². The van der Waals surface area contributed by atoms with E-state index in [1.807, 2.05) is 13.8 Å². The molecule has 4 rings (SSSR count). The van der Waals surface area contributed by atoms with Crippen LogP contribution in [0.5, 0.6) is 0 Å². The molecule has 2 aliphatic carbocycles. The summed E-state index contributed by atoms with van der Waals surface area (Å²) in [6.07, 6.45) is 5.43. The van der Waals surface area contributed by atoms with Gasteiger partial charge in [0, 0.05) is 10.3 Å². The highest BCUT2D eigenvalue weighted by Gasteiger charge is 2.43. The predicted octanol–water partition coefficient (Wildman–Crippen LogP) is 3.39. The molecule has 1 amide bonds. The van der Waals surface area contributed by atoms with Crippen molar-refractivity contribution >= 4 is 39.2 Å². The van der Waals surface area contributed by atoms with E-state index in [-0.39, 0.29) is 11.7 Å². The van der Waals surface area contributed by atoms with Gasteiger partial charge in [-0.15, -0.1) is 11.3 Å². The maximum atomic E-state index is 12.4. The number of aryl methyl sites for hydroxylation is 3. The van der Waals surface area contributed by atoms with E-state index in [0.29, 0.717) is 5.92 Å². The highest BCUT2D eigenvalue weighted by molar-refractivity contribution is 8.00. The van der Waals surface area contributed by atoms with Crippen LogP contribution in [0, 0.1) is 24.2 Å². The van der Waals surface area contributed by atoms with Crippen LogP contribution in [0.15, 0.2) is 5.03 Å². The van der Waals surface area contributed by atoms with Crippen molar-refractivity contribution in [1.29, 1.82) is 5.26 Å². The van der Waals surface area contributed by atoms with Gasteiger partial charge in [0.2, 0.25) is 5.91 Å². The monoisotopic (exact) mass is 372 g/mol. The second-order valence-corrected chi connectivity index (χ2v) is 9.09. The standard InChI is InChI=1S/C18H20N4OS2/c1-10-20-16(15-12-4-3-5-13(12)25-17(15)21-10)24-8-14(23)22-18(2,9-19)11-6-7-11/h11H,3-8H2,1-2H3,(H,22,23)/t18-/m0/s1. The third-order valence-electron chi connectivity index (χ3n) is 5.01. The van der Waals surface area contributed by atoms with Crippen LogP contribution < -0.4 is 5.32 Å². The smallest absolute Gasteiger partial charge is 0.231 e. The number of thioether (sulfide) groups is 1. The van der Waals surface area contributed by atoms with Gasteiger partial charge in [-0.2, -0.15) is 5.26 Å². The Bertz CT molecular complexity index is 897. The molecule has 130 valence electrons. The molecule has 0 radical (unpaired) electrons. The molecule has 0 aromatic carbocycles. The molecule has 0 bridgehead atoms. The van der Waals surface area contributed by atoms with Crippen molar-refractivity contribution < 1.29 is 4.79 Å². The van der Waals surface area contributed by atoms with Crippen molar-refractivity contribution in [3.63, 3.8) is 0 Å². The lowest BCUT2D eigenvalue weighted by Gasteiger charge is -2.22. The molecular formula is C18H20N4OS2. The first kappa shape index (κ1) is 16.8. The predicted molar refractivity (Wildman–Crippen MR) is 99.8 cm³/mol. The van der Waals surface area contributed by atoms with Gasteiger partial charge in [0.05, 0.1) is 11.8 Å². The lowest BCUT2D eigenvalue weighted by atomic mass is 9.98. The number of nitrogens with zero attached hydrogens (tertiary/aromatic N) is 3. The van der Waals surface area contributed by atoms with Crippen LogP contribution in [0.25, 0.3) is 10.2 Å². The first-order valence-corrected chi connectivity index (χ1v) is 10.4. The lowest BCUT2D eigenvalue weighted by Crippen LogP contribution is -2.47. The van der Waals surface area contributed by atoms with Crippen LogP contribution in [0.2, 0.25) is 0 Å². The minimum atomic E-state index is -0.738. The number of hydrogen-bond acceptors (Lipinski definition) is 6. The molecule has 1 fully saturated rings. The van der Waals surface area contributed by atoms with E-state index in [9.17, 15) is 10.1 Å². The molecule has 0 saturated heterocycles. The lowest BCUT2D eigenvalue weighted by molar-refractivity contribution is -0.119. The Kier molecular flexibility index (Phi) is 4.20. The molecular weight excluding hydrogens is 352 g/mol. The maximum Gasteiger partial charge on any atom is 0.231 e. The van der Waals surface area contributed by atoms with Crippen molar-refractivity contribution in [1.82, 2.24) is 15.3 Å². The first-order chi connectivity index (χ1) is 12.0. The summed E-state index contributed by atoms with van der Waals surface area (Å²) in [4.78, 5) is 24.0. The average molecular weight is 373 g/mol. The normalized spacial score (nSPS) is 18.6. The molecule has 2 aliphatic rings. The molecule has 1 N–H and O–H groups in total. The van der Waals surface area contributed by atoms with Crippen LogP contribution in [-0.4, -0.2) is 27.2 Å². The number of rotatable bonds is 5. The summed E-state index contributed by atoms with van der Waals surface area (Å²) in [6, 6.07) is 2.27. The molecule has 2 heterocycles. The van der Waals surface area contributed by atoms with E-state index in [1.165, 1.54) is 28.6 Å².